The second-order valence-electron chi connectivity index (χ2n) is 5.62. The largest absolute Gasteiger partial charge is 0.493 e. The van der Waals surface area contributed by atoms with E-state index in [0.717, 1.165) is 21.6 Å². The van der Waals surface area contributed by atoms with Crippen molar-refractivity contribution in [3.8, 4) is 28.3 Å². The van der Waals surface area contributed by atoms with Crippen LogP contribution in [0.1, 0.15) is 10.4 Å². The number of nitrogens with zero attached hydrogens (tertiary/aromatic N) is 3. The molecule has 0 fully saturated rings. The van der Waals surface area contributed by atoms with E-state index in [1.165, 1.54) is 11.3 Å². The SMILES string of the molecule is COc1cc2ncn(-c3cc(OCc4ccsc4)c(C#N)s3)c2cc1OC. The molecule has 4 aromatic rings. The minimum atomic E-state index is 0.435. The normalized spacial score (nSPS) is 10.7. The number of hydrogen-bond donors (Lipinski definition) is 0. The molecule has 0 radical (unpaired) electrons. The van der Waals surface area contributed by atoms with Gasteiger partial charge in [0.15, 0.2) is 17.2 Å². The van der Waals surface area contributed by atoms with Crippen LogP contribution in [0, 0.1) is 11.3 Å². The van der Waals surface area contributed by atoms with Gasteiger partial charge >= 0.3 is 0 Å². The van der Waals surface area contributed by atoms with E-state index in [1.807, 2.05) is 39.6 Å². The smallest absolute Gasteiger partial charge is 0.163 e. The molecule has 0 spiro atoms. The lowest BCUT2D eigenvalue weighted by Crippen LogP contribution is -1.94. The van der Waals surface area contributed by atoms with Gasteiger partial charge in [-0.15, -0.1) is 11.3 Å². The average Bonchev–Trinajstić information content (AvgIpc) is 3.43. The fourth-order valence-electron chi connectivity index (χ4n) is 2.71. The van der Waals surface area contributed by atoms with Crippen LogP contribution >= 0.6 is 22.7 Å². The topological polar surface area (TPSA) is 69.3 Å². The number of ether oxygens (including phenoxy) is 3. The van der Waals surface area contributed by atoms with E-state index in [2.05, 4.69) is 11.1 Å². The Morgan fingerprint density at radius 1 is 1.15 bits per heavy atom. The molecule has 6 nitrogen and oxygen atoms in total. The Morgan fingerprint density at radius 3 is 2.67 bits per heavy atom. The van der Waals surface area contributed by atoms with Crippen LogP contribution < -0.4 is 14.2 Å². The molecule has 0 aliphatic heterocycles. The standard InChI is InChI=1S/C19H15N3O3S2/c1-23-15-5-13-14(6-16(15)24-2)22(11-21-13)19-7-17(18(8-20)27-19)25-9-12-3-4-26-10-12/h3-7,10-11H,9H2,1-2H3. The van der Waals surface area contributed by atoms with E-state index in [0.29, 0.717) is 28.7 Å². The fourth-order valence-corrected chi connectivity index (χ4v) is 4.25. The van der Waals surface area contributed by atoms with E-state index < -0.39 is 0 Å². The third-order valence-corrected chi connectivity index (χ3v) is 5.80. The molecule has 8 heteroatoms. The summed E-state index contributed by atoms with van der Waals surface area (Å²) in [6.45, 7) is 0.435. The number of rotatable bonds is 6. The Labute approximate surface area is 163 Å². The monoisotopic (exact) mass is 397 g/mol. The van der Waals surface area contributed by atoms with Crippen molar-refractivity contribution in [3.63, 3.8) is 0 Å². The molecule has 3 heterocycles. The Morgan fingerprint density at radius 2 is 1.96 bits per heavy atom. The van der Waals surface area contributed by atoms with Crippen LogP contribution in [-0.2, 0) is 6.61 Å². The Bertz CT molecular complexity index is 1120. The maximum Gasteiger partial charge on any atom is 0.163 e. The van der Waals surface area contributed by atoms with Crippen molar-refractivity contribution >= 4 is 33.7 Å². The molecule has 0 aliphatic carbocycles. The van der Waals surface area contributed by atoms with Crippen molar-refractivity contribution in [1.29, 1.82) is 5.26 Å². The zero-order valence-electron chi connectivity index (χ0n) is 14.6. The van der Waals surface area contributed by atoms with Crippen LogP contribution in [0.15, 0.2) is 41.4 Å². The first-order chi connectivity index (χ1) is 13.2. The molecular formula is C19H15N3O3S2. The van der Waals surface area contributed by atoms with Gasteiger partial charge in [0.1, 0.15) is 28.9 Å². The molecule has 4 rings (SSSR count). The number of methoxy groups -OCH3 is 2. The minimum absolute atomic E-state index is 0.435. The summed E-state index contributed by atoms with van der Waals surface area (Å²) in [7, 11) is 3.19. The highest BCUT2D eigenvalue weighted by atomic mass is 32.1. The summed E-state index contributed by atoms with van der Waals surface area (Å²) in [5.74, 6) is 1.82. The third kappa shape index (κ3) is 3.23. The van der Waals surface area contributed by atoms with Crippen LogP contribution in [0.4, 0.5) is 0 Å². The predicted octanol–water partition coefficient (Wildman–Crippen LogP) is 4.62. The lowest BCUT2D eigenvalue weighted by atomic mass is 10.2. The first-order valence-corrected chi connectivity index (χ1v) is 9.76. The number of fused-ring (bicyclic) bond motifs is 1. The summed E-state index contributed by atoms with van der Waals surface area (Å²) in [5.41, 5.74) is 2.73. The molecule has 0 aliphatic rings. The Balaban J connectivity index is 1.72. The molecule has 0 saturated heterocycles. The third-order valence-electron chi connectivity index (χ3n) is 4.05. The number of thiophene rings is 2. The molecule has 0 unspecified atom stereocenters. The van der Waals surface area contributed by atoms with Crippen LogP contribution in [0.3, 0.4) is 0 Å². The van der Waals surface area contributed by atoms with E-state index in [9.17, 15) is 5.26 Å². The number of aromatic nitrogens is 2. The fraction of sp³-hybridized carbons (Fsp3) is 0.158. The Hall–Kier alpha value is -3.02. The first kappa shape index (κ1) is 17.4. The van der Waals surface area contributed by atoms with Gasteiger partial charge in [0.05, 0.1) is 25.3 Å². The molecule has 136 valence electrons. The lowest BCUT2D eigenvalue weighted by Gasteiger charge is -2.08. The number of benzene rings is 1. The summed E-state index contributed by atoms with van der Waals surface area (Å²) in [5, 5.41) is 14.4. The summed E-state index contributed by atoms with van der Waals surface area (Å²) in [6.07, 6.45) is 1.72. The zero-order valence-corrected chi connectivity index (χ0v) is 16.3. The summed E-state index contributed by atoms with van der Waals surface area (Å²) in [4.78, 5) is 4.97. The van der Waals surface area contributed by atoms with Crippen molar-refractivity contribution in [2.75, 3.05) is 14.2 Å². The highest BCUT2D eigenvalue weighted by Gasteiger charge is 2.16. The second-order valence-corrected chi connectivity index (χ2v) is 7.43. The second kappa shape index (κ2) is 7.31. The maximum atomic E-state index is 9.47. The van der Waals surface area contributed by atoms with E-state index in [4.69, 9.17) is 14.2 Å². The summed E-state index contributed by atoms with van der Waals surface area (Å²) >= 11 is 2.98. The van der Waals surface area contributed by atoms with Gasteiger partial charge in [-0.2, -0.15) is 16.6 Å². The van der Waals surface area contributed by atoms with Crippen molar-refractivity contribution in [2.24, 2.45) is 0 Å². The molecule has 0 N–H and O–H groups in total. The van der Waals surface area contributed by atoms with Crippen molar-refractivity contribution < 1.29 is 14.2 Å². The molecular weight excluding hydrogens is 382 g/mol. The van der Waals surface area contributed by atoms with Gasteiger partial charge in [-0.1, -0.05) is 0 Å². The molecule has 1 aromatic carbocycles. The molecule has 0 saturated carbocycles. The minimum Gasteiger partial charge on any atom is -0.493 e. The summed E-state index contributed by atoms with van der Waals surface area (Å²) < 4.78 is 18.5. The molecule has 0 amide bonds. The van der Waals surface area contributed by atoms with Crippen LogP contribution in [0.25, 0.3) is 16.0 Å². The van der Waals surface area contributed by atoms with Crippen LogP contribution in [0.2, 0.25) is 0 Å². The van der Waals surface area contributed by atoms with Gasteiger partial charge in [0.25, 0.3) is 0 Å². The number of hydrogen-bond acceptors (Lipinski definition) is 7. The predicted molar refractivity (Wildman–Crippen MR) is 105 cm³/mol. The molecule has 3 aromatic heterocycles. The first-order valence-electron chi connectivity index (χ1n) is 8.00. The van der Waals surface area contributed by atoms with Crippen LogP contribution in [-0.4, -0.2) is 23.8 Å². The van der Waals surface area contributed by atoms with Crippen molar-refractivity contribution in [1.82, 2.24) is 9.55 Å². The van der Waals surface area contributed by atoms with Crippen LogP contribution in [0.5, 0.6) is 17.2 Å². The van der Waals surface area contributed by atoms with Gasteiger partial charge in [0.2, 0.25) is 0 Å². The van der Waals surface area contributed by atoms with Crippen molar-refractivity contribution in [2.45, 2.75) is 6.61 Å². The van der Waals surface area contributed by atoms with Gasteiger partial charge in [-0.25, -0.2) is 4.98 Å². The van der Waals surface area contributed by atoms with Gasteiger partial charge in [-0.3, -0.25) is 4.57 Å². The number of imidazole rings is 1. The zero-order chi connectivity index (χ0) is 18.8. The average molecular weight is 397 g/mol. The van der Waals surface area contributed by atoms with Gasteiger partial charge < -0.3 is 14.2 Å². The maximum absolute atomic E-state index is 9.47. The highest BCUT2D eigenvalue weighted by Crippen LogP contribution is 2.36. The van der Waals surface area contributed by atoms with E-state index >= 15 is 0 Å². The molecule has 0 bridgehead atoms. The van der Waals surface area contributed by atoms with Crippen molar-refractivity contribution in [3.05, 3.63) is 51.8 Å². The quantitative estimate of drug-likeness (QED) is 0.475. The number of nitriles is 1. The molecule has 0 atom stereocenters. The highest BCUT2D eigenvalue weighted by molar-refractivity contribution is 7.15. The summed E-state index contributed by atoms with van der Waals surface area (Å²) in [6, 6.07) is 9.79. The molecule has 27 heavy (non-hydrogen) atoms. The van der Waals surface area contributed by atoms with E-state index in [1.54, 1.807) is 31.9 Å². The van der Waals surface area contributed by atoms with Gasteiger partial charge in [0, 0.05) is 18.2 Å². The lowest BCUT2D eigenvalue weighted by molar-refractivity contribution is 0.307. The van der Waals surface area contributed by atoms with Gasteiger partial charge in [-0.05, 0) is 22.4 Å². The Kier molecular flexibility index (Phi) is 4.71. The van der Waals surface area contributed by atoms with E-state index in [-0.39, 0.29) is 0 Å².